The summed E-state index contributed by atoms with van der Waals surface area (Å²) in [4.78, 5) is 0. The summed E-state index contributed by atoms with van der Waals surface area (Å²) in [7, 11) is -1.83. The average Bonchev–Trinajstić information content (AvgIpc) is 2.79. The van der Waals surface area contributed by atoms with Gasteiger partial charge in [0.2, 0.25) is 0 Å². The van der Waals surface area contributed by atoms with E-state index in [-0.39, 0.29) is 24.0 Å². The van der Waals surface area contributed by atoms with Crippen molar-refractivity contribution in [1.82, 2.24) is 0 Å². The Kier molecular flexibility index (Phi) is 8.07. The summed E-state index contributed by atoms with van der Waals surface area (Å²) in [6, 6.07) is 41.2. The van der Waals surface area contributed by atoms with Gasteiger partial charge >= 0.3 is 0 Å². The first-order chi connectivity index (χ1) is 14.3. The molecule has 0 aromatic heterocycles. The van der Waals surface area contributed by atoms with Gasteiger partial charge in [-0.05, 0) is 61.0 Å². The van der Waals surface area contributed by atoms with Crippen molar-refractivity contribution in [1.29, 1.82) is 0 Å². The Bertz CT molecular complexity index is 939. The number of rotatable bonds is 7. The lowest BCUT2D eigenvalue weighted by Crippen LogP contribution is -3.00. The molecule has 0 amide bonds. The molecule has 0 atom stereocenters. The molecule has 1 nitrogen and oxygen atoms in total. The zero-order valence-electron chi connectivity index (χ0n) is 17.1. The Morgan fingerprint density at radius 3 is 1.50 bits per heavy atom. The van der Waals surface area contributed by atoms with Gasteiger partial charge in [0, 0.05) is 0 Å². The summed E-state index contributed by atoms with van der Waals surface area (Å²) in [6.45, 7) is 2.78. The minimum absolute atomic E-state index is 0. The van der Waals surface area contributed by atoms with E-state index in [2.05, 4.69) is 116 Å². The summed E-state index contributed by atoms with van der Waals surface area (Å²) in [5.74, 6) is 0.942. The third-order valence-electron chi connectivity index (χ3n) is 5.28. The molecule has 0 aliphatic carbocycles. The Morgan fingerprint density at radius 1 is 0.600 bits per heavy atom. The van der Waals surface area contributed by atoms with Crippen LogP contribution in [0.5, 0.6) is 5.75 Å². The minimum Gasteiger partial charge on any atom is -1.00 e. The van der Waals surface area contributed by atoms with Gasteiger partial charge in [-0.3, -0.25) is 0 Å². The molecule has 152 valence electrons. The van der Waals surface area contributed by atoms with Crippen LogP contribution in [0.3, 0.4) is 0 Å². The number of aryl methyl sites for hydroxylation is 1. The highest BCUT2D eigenvalue weighted by atomic mass is 127. The van der Waals surface area contributed by atoms with Crippen LogP contribution in [0.15, 0.2) is 115 Å². The molecule has 30 heavy (non-hydrogen) atoms. The molecule has 0 aliphatic heterocycles. The van der Waals surface area contributed by atoms with Crippen molar-refractivity contribution in [3.05, 3.63) is 121 Å². The van der Waals surface area contributed by atoms with Crippen LogP contribution in [0.25, 0.3) is 0 Å². The van der Waals surface area contributed by atoms with Gasteiger partial charge in [0.05, 0.1) is 0 Å². The van der Waals surface area contributed by atoms with E-state index in [4.69, 9.17) is 4.74 Å². The lowest BCUT2D eigenvalue weighted by molar-refractivity contribution is -0.00000622. The lowest BCUT2D eigenvalue weighted by Gasteiger charge is -2.27. The molecule has 0 spiro atoms. The van der Waals surface area contributed by atoms with Gasteiger partial charge in [-0.15, -0.1) is 0 Å². The predicted molar refractivity (Wildman–Crippen MR) is 127 cm³/mol. The fraction of sp³-hybridized carbons (Fsp3) is 0.111. The largest absolute Gasteiger partial charge is 1.00 e. The van der Waals surface area contributed by atoms with Crippen molar-refractivity contribution < 1.29 is 28.7 Å². The topological polar surface area (TPSA) is 9.23 Å². The molecule has 0 aliphatic rings. The first-order valence-corrected chi connectivity index (χ1v) is 12.0. The predicted octanol–water partition coefficient (Wildman–Crippen LogP) is 2.37. The number of hydrogen-bond donors (Lipinski definition) is 0. The highest BCUT2D eigenvalue weighted by Gasteiger charge is 2.45. The van der Waals surface area contributed by atoms with E-state index in [1.165, 1.54) is 21.5 Å². The maximum atomic E-state index is 6.23. The SMILES string of the molecule is Cc1cccc(OCC[P+](c2ccccc2)(c2ccccc2)c2ccccc2)c1.[I-]. The first-order valence-electron chi connectivity index (χ1n) is 10.0. The lowest BCUT2D eigenvalue weighted by atomic mass is 10.2. The monoisotopic (exact) mass is 524 g/mol. The second-order valence-corrected chi connectivity index (χ2v) is 10.8. The van der Waals surface area contributed by atoms with Crippen molar-refractivity contribution in [3.8, 4) is 5.75 Å². The second kappa shape index (κ2) is 10.7. The summed E-state index contributed by atoms with van der Waals surface area (Å²) in [6.07, 6.45) is 0.957. The van der Waals surface area contributed by atoms with E-state index in [1.54, 1.807) is 0 Å². The summed E-state index contributed by atoms with van der Waals surface area (Å²) < 4.78 is 6.23. The molecule has 0 saturated carbocycles. The fourth-order valence-corrected chi connectivity index (χ4v) is 7.96. The van der Waals surface area contributed by atoms with Gasteiger partial charge in [0.1, 0.15) is 41.7 Å². The van der Waals surface area contributed by atoms with Crippen molar-refractivity contribution in [2.24, 2.45) is 0 Å². The molecule has 0 radical (unpaired) electrons. The molecular formula is C27H26IOP. The van der Waals surface area contributed by atoms with Gasteiger partial charge < -0.3 is 28.7 Å². The number of benzene rings is 4. The maximum absolute atomic E-state index is 6.23. The zero-order chi connectivity index (χ0) is 19.9. The first kappa shape index (κ1) is 22.5. The summed E-state index contributed by atoms with van der Waals surface area (Å²) in [5.41, 5.74) is 1.22. The van der Waals surface area contributed by atoms with E-state index in [0.29, 0.717) is 6.61 Å². The number of ether oxygens (including phenoxy) is 1. The van der Waals surface area contributed by atoms with Gasteiger partial charge in [-0.2, -0.15) is 0 Å². The number of halogens is 1. The molecular weight excluding hydrogens is 498 g/mol. The van der Waals surface area contributed by atoms with Crippen LogP contribution in [0.4, 0.5) is 0 Å². The Labute approximate surface area is 197 Å². The Hall–Kier alpha value is -2.16. The quantitative estimate of drug-likeness (QED) is 0.267. The van der Waals surface area contributed by atoms with Crippen molar-refractivity contribution in [2.45, 2.75) is 6.92 Å². The number of hydrogen-bond acceptors (Lipinski definition) is 1. The molecule has 0 heterocycles. The standard InChI is InChI=1S/C27H26OP.HI/c1-23-12-11-13-24(22-23)28-20-21-29(25-14-5-2-6-15-25,26-16-7-3-8-17-26)27-18-9-4-10-19-27;/h2-19,22H,20-21H2,1H3;1H/q+1;/p-1. The van der Waals surface area contributed by atoms with E-state index in [0.717, 1.165) is 11.9 Å². The van der Waals surface area contributed by atoms with Crippen LogP contribution in [0, 0.1) is 6.92 Å². The van der Waals surface area contributed by atoms with Crippen molar-refractivity contribution in [2.75, 3.05) is 12.8 Å². The maximum Gasteiger partial charge on any atom is 0.123 e. The van der Waals surface area contributed by atoms with Gasteiger partial charge in [-0.1, -0.05) is 66.7 Å². The highest BCUT2D eigenvalue weighted by Crippen LogP contribution is 2.54. The minimum atomic E-state index is -1.83. The van der Waals surface area contributed by atoms with Crippen molar-refractivity contribution >= 4 is 23.2 Å². The Morgan fingerprint density at radius 2 is 1.07 bits per heavy atom. The fourth-order valence-electron chi connectivity index (χ4n) is 3.89. The van der Waals surface area contributed by atoms with Crippen LogP contribution in [-0.4, -0.2) is 12.8 Å². The summed E-state index contributed by atoms with van der Waals surface area (Å²) >= 11 is 0. The Balaban J connectivity index is 0.00000256. The summed E-state index contributed by atoms with van der Waals surface area (Å²) in [5, 5.41) is 4.18. The normalized spacial score (nSPS) is 10.8. The van der Waals surface area contributed by atoms with E-state index in [9.17, 15) is 0 Å². The zero-order valence-corrected chi connectivity index (χ0v) is 20.2. The van der Waals surface area contributed by atoms with Gasteiger partial charge in [0.25, 0.3) is 0 Å². The average molecular weight is 524 g/mol. The van der Waals surface area contributed by atoms with E-state index >= 15 is 0 Å². The van der Waals surface area contributed by atoms with Crippen LogP contribution in [0.2, 0.25) is 0 Å². The smallest absolute Gasteiger partial charge is 0.123 e. The molecule has 0 fully saturated rings. The van der Waals surface area contributed by atoms with Crippen LogP contribution in [-0.2, 0) is 0 Å². The molecule has 4 aromatic carbocycles. The molecule has 0 bridgehead atoms. The van der Waals surface area contributed by atoms with E-state index < -0.39 is 7.26 Å². The molecule has 0 unspecified atom stereocenters. The van der Waals surface area contributed by atoms with Crippen LogP contribution < -0.4 is 44.6 Å². The second-order valence-electron chi connectivity index (χ2n) is 7.20. The van der Waals surface area contributed by atoms with Crippen molar-refractivity contribution in [3.63, 3.8) is 0 Å². The van der Waals surface area contributed by atoms with Crippen LogP contribution in [0.1, 0.15) is 5.56 Å². The molecule has 3 heteroatoms. The third kappa shape index (κ3) is 4.94. The third-order valence-corrected chi connectivity index (χ3v) is 9.67. The van der Waals surface area contributed by atoms with E-state index in [1.807, 2.05) is 6.07 Å². The molecule has 4 aromatic rings. The van der Waals surface area contributed by atoms with Crippen LogP contribution >= 0.6 is 7.26 Å². The van der Waals surface area contributed by atoms with Gasteiger partial charge in [0.15, 0.2) is 0 Å². The molecule has 0 saturated heterocycles. The van der Waals surface area contributed by atoms with Gasteiger partial charge in [-0.25, -0.2) is 0 Å². The molecule has 0 N–H and O–H groups in total. The molecule has 4 rings (SSSR count). The highest BCUT2D eigenvalue weighted by molar-refractivity contribution is 7.95.